The molecule has 0 aliphatic carbocycles. The van der Waals surface area contributed by atoms with Crippen LogP contribution in [-0.4, -0.2) is 48.2 Å². The van der Waals surface area contributed by atoms with Gasteiger partial charge in [0.15, 0.2) is 17.4 Å². The number of H-pyrrole nitrogens is 1. The Hall–Kier alpha value is -2.33. The number of nitrogens with one attached hydrogen (secondary N) is 2. The number of carbonyl (C=O) groups is 1. The summed E-state index contributed by atoms with van der Waals surface area (Å²) in [7, 11) is 0. The Morgan fingerprint density at radius 1 is 1.54 bits per heavy atom. The highest BCUT2D eigenvalue weighted by atomic mass is 16.5. The van der Waals surface area contributed by atoms with Crippen molar-refractivity contribution < 1.29 is 14.6 Å². The van der Waals surface area contributed by atoms with E-state index in [-0.39, 0.29) is 35.0 Å². The van der Waals surface area contributed by atoms with E-state index in [2.05, 4.69) is 25.6 Å². The van der Waals surface area contributed by atoms with Crippen LogP contribution in [0.15, 0.2) is 4.79 Å². The number of ether oxygens (including phenoxy) is 1. The third-order valence-electron chi connectivity index (χ3n) is 3.96. The van der Waals surface area contributed by atoms with E-state index in [1.54, 1.807) is 13.8 Å². The lowest BCUT2D eigenvalue weighted by molar-refractivity contribution is -0.118. The SMILES string of the molecule is CC[C@@H]1C[C@@H](O)[C@H](n2nnc3c(=O)[nH]c(NC(=O)C(C)C)nc32)O1. The van der Waals surface area contributed by atoms with Gasteiger partial charge in [-0.1, -0.05) is 26.0 Å². The van der Waals surface area contributed by atoms with E-state index in [1.807, 2.05) is 6.92 Å². The number of aliphatic hydroxyl groups is 1. The first-order chi connectivity index (χ1) is 11.4. The van der Waals surface area contributed by atoms with E-state index < -0.39 is 17.9 Å². The average molecular weight is 336 g/mol. The molecule has 2 aromatic heterocycles. The second-order valence-corrected chi connectivity index (χ2v) is 6.12. The molecule has 1 saturated heterocycles. The summed E-state index contributed by atoms with van der Waals surface area (Å²) in [6.45, 7) is 5.42. The van der Waals surface area contributed by atoms with Crippen LogP contribution in [0.5, 0.6) is 0 Å². The summed E-state index contributed by atoms with van der Waals surface area (Å²) < 4.78 is 7.03. The van der Waals surface area contributed by atoms with Crippen molar-refractivity contribution in [2.45, 2.75) is 52.0 Å². The Kier molecular flexibility index (Phi) is 4.33. The van der Waals surface area contributed by atoms with Crippen molar-refractivity contribution in [1.82, 2.24) is 25.0 Å². The molecule has 0 bridgehead atoms. The molecule has 0 saturated carbocycles. The summed E-state index contributed by atoms with van der Waals surface area (Å²) in [5, 5.41) is 20.4. The van der Waals surface area contributed by atoms with Crippen molar-refractivity contribution in [3.05, 3.63) is 10.4 Å². The molecule has 3 heterocycles. The van der Waals surface area contributed by atoms with E-state index >= 15 is 0 Å². The molecule has 1 aliphatic rings. The molecular formula is C14H20N6O4. The maximum atomic E-state index is 12.1. The predicted octanol–water partition coefficient (Wildman–Crippen LogP) is 0.167. The van der Waals surface area contributed by atoms with Crippen molar-refractivity contribution in [3.8, 4) is 0 Å². The minimum absolute atomic E-state index is 0.00859. The minimum Gasteiger partial charge on any atom is -0.388 e. The molecule has 0 unspecified atom stereocenters. The van der Waals surface area contributed by atoms with Gasteiger partial charge in [-0.3, -0.25) is 19.9 Å². The van der Waals surface area contributed by atoms with Gasteiger partial charge in [-0.05, 0) is 6.42 Å². The highest BCUT2D eigenvalue weighted by Crippen LogP contribution is 2.31. The lowest BCUT2D eigenvalue weighted by Gasteiger charge is -2.15. The van der Waals surface area contributed by atoms with Crippen LogP contribution in [0, 0.1) is 5.92 Å². The maximum absolute atomic E-state index is 12.1. The molecule has 10 nitrogen and oxygen atoms in total. The van der Waals surface area contributed by atoms with Crippen LogP contribution in [0.2, 0.25) is 0 Å². The highest BCUT2D eigenvalue weighted by molar-refractivity contribution is 5.90. The zero-order valence-corrected chi connectivity index (χ0v) is 13.7. The van der Waals surface area contributed by atoms with Crippen molar-refractivity contribution in [1.29, 1.82) is 0 Å². The maximum Gasteiger partial charge on any atom is 0.282 e. The van der Waals surface area contributed by atoms with Gasteiger partial charge in [-0.15, -0.1) is 5.10 Å². The van der Waals surface area contributed by atoms with Crippen LogP contribution in [0.1, 0.15) is 39.8 Å². The van der Waals surface area contributed by atoms with Crippen molar-refractivity contribution in [3.63, 3.8) is 0 Å². The quantitative estimate of drug-likeness (QED) is 0.724. The zero-order chi connectivity index (χ0) is 17.4. The third kappa shape index (κ3) is 2.89. The number of aliphatic hydroxyl groups excluding tert-OH is 1. The summed E-state index contributed by atoms with van der Waals surface area (Å²) in [6.07, 6.45) is -0.393. The lowest BCUT2D eigenvalue weighted by Crippen LogP contribution is -2.24. The van der Waals surface area contributed by atoms with Gasteiger partial charge in [0.05, 0.1) is 6.10 Å². The molecule has 24 heavy (non-hydrogen) atoms. The second kappa shape index (κ2) is 6.29. The van der Waals surface area contributed by atoms with Crippen LogP contribution in [0.25, 0.3) is 11.2 Å². The molecule has 3 N–H and O–H groups in total. The van der Waals surface area contributed by atoms with Crippen molar-refractivity contribution >= 4 is 23.0 Å². The van der Waals surface area contributed by atoms with Gasteiger partial charge < -0.3 is 9.84 Å². The highest BCUT2D eigenvalue weighted by Gasteiger charge is 2.36. The molecule has 3 atom stereocenters. The van der Waals surface area contributed by atoms with E-state index in [4.69, 9.17) is 4.74 Å². The fourth-order valence-electron chi connectivity index (χ4n) is 2.54. The summed E-state index contributed by atoms with van der Waals surface area (Å²) in [6, 6.07) is 0. The number of anilines is 1. The number of rotatable bonds is 4. The van der Waals surface area contributed by atoms with Crippen molar-refractivity contribution in [2.24, 2.45) is 5.92 Å². The zero-order valence-electron chi connectivity index (χ0n) is 13.7. The smallest absolute Gasteiger partial charge is 0.282 e. The normalized spacial score (nSPS) is 24.0. The van der Waals surface area contributed by atoms with E-state index in [9.17, 15) is 14.7 Å². The Balaban J connectivity index is 2.00. The molecule has 0 aromatic carbocycles. The standard InChI is InChI=1S/C14H20N6O4/c1-4-7-5-8(21)13(24-7)20-10-9(18-19-20)12(23)17-14(15-10)16-11(22)6(2)3/h6-8,13,21H,4-5H2,1-3H3,(H2,15,16,17,22,23)/t7-,8-,13-/m1/s1. The van der Waals surface area contributed by atoms with Gasteiger partial charge in [-0.25, -0.2) is 0 Å². The number of hydrogen-bond acceptors (Lipinski definition) is 7. The number of aromatic amines is 1. The van der Waals surface area contributed by atoms with Gasteiger partial charge in [0.25, 0.3) is 5.56 Å². The Morgan fingerprint density at radius 2 is 2.29 bits per heavy atom. The number of hydrogen-bond donors (Lipinski definition) is 3. The molecule has 0 radical (unpaired) electrons. The van der Waals surface area contributed by atoms with Crippen LogP contribution < -0.4 is 10.9 Å². The second-order valence-electron chi connectivity index (χ2n) is 6.12. The van der Waals surface area contributed by atoms with Crippen molar-refractivity contribution in [2.75, 3.05) is 5.32 Å². The Labute approximate surface area is 137 Å². The molecule has 2 aromatic rings. The molecule has 3 rings (SSSR count). The Bertz CT molecular complexity index is 813. The number of aromatic nitrogens is 5. The number of amides is 1. The summed E-state index contributed by atoms with van der Waals surface area (Å²) in [5.74, 6) is -0.534. The molecule has 1 aliphatic heterocycles. The molecule has 10 heteroatoms. The van der Waals surface area contributed by atoms with Gasteiger partial charge >= 0.3 is 0 Å². The minimum atomic E-state index is -0.769. The first-order valence-electron chi connectivity index (χ1n) is 7.90. The lowest BCUT2D eigenvalue weighted by atomic mass is 10.1. The predicted molar refractivity (Wildman–Crippen MR) is 84.2 cm³/mol. The van der Waals surface area contributed by atoms with Crippen LogP contribution in [0.4, 0.5) is 5.95 Å². The van der Waals surface area contributed by atoms with Crippen LogP contribution in [-0.2, 0) is 9.53 Å². The van der Waals surface area contributed by atoms with Crippen LogP contribution >= 0.6 is 0 Å². The Morgan fingerprint density at radius 3 is 2.92 bits per heavy atom. The monoisotopic (exact) mass is 336 g/mol. The molecule has 130 valence electrons. The van der Waals surface area contributed by atoms with Gasteiger partial charge in [0.1, 0.15) is 6.10 Å². The molecule has 0 spiro atoms. The fourth-order valence-corrected chi connectivity index (χ4v) is 2.54. The van der Waals surface area contributed by atoms with E-state index in [0.29, 0.717) is 6.42 Å². The third-order valence-corrected chi connectivity index (χ3v) is 3.96. The first-order valence-corrected chi connectivity index (χ1v) is 7.90. The summed E-state index contributed by atoms with van der Waals surface area (Å²) >= 11 is 0. The van der Waals surface area contributed by atoms with Gasteiger partial charge in [0.2, 0.25) is 11.9 Å². The largest absolute Gasteiger partial charge is 0.388 e. The topological polar surface area (TPSA) is 135 Å². The number of carbonyl (C=O) groups excluding carboxylic acids is 1. The molecule has 1 amide bonds. The fraction of sp³-hybridized carbons (Fsp3) is 0.643. The molecular weight excluding hydrogens is 316 g/mol. The van der Waals surface area contributed by atoms with Gasteiger partial charge in [0, 0.05) is 12.3 Å². The van der Waals surface area contributed by atoms with Gasteiger partial charge in [-0.2, -0.15) is 9.67 Å². The number of fused-ring (bicyclic) bond motifs is 1. The summed E-state index contributed by atoms with van der Waals surface area (Å²) in [4.78, 5) is 30.6. The number of nitrogens with zero attached hydrogens (tertiary/aromatic N) is 4. The average Bonchev–Trinajstić information content (AvgIpc) is 3.10. The first kappa shape index (κ1) is 16.5. The summed E-state index contributed by atoms with van der Waals surface area (Å²) in [5.41, 5.74) is -0.350. The van der Waals surface area contributed by atoms with Crippen LogP contribution in [0.3, 0.4) is 0 Å². The molecule has 1 fully saturated rings. The van der Waals surface area contributed by atoms with E-state index in [0.717, 1.165) is 6.42 Å². The van der Waals surface area contributed by atoms with E-state index in [1.165, 1.54) is 4.68 Å².